The molecule has 0 aromatic heterocycles. The van der Waals surface area contributed by atoms with Crippen LogP contribution in [0.4, 0.5) is 0 Å². The monoisotopic (exact) mass is 612 g/mol. The second kappa shape index (κ2) is 14.8. The van der Waals surface area contributed by atoms with Gasteiger partial charge in [0.25, 0.3) is 20.2 Å². The maximum atomic E-state index is 12.8. The van der Waals surface area contributed by atoms with Crippen LogP contribution >= 0.6 is 0 Å². The Kier molecular flexibility index (Phi) is 11.4. The molecule has 42 heavy (non-hydrogen) atoms. The van der Waals surface area contributed by atoms with E-state index in [2.05, 4.69) is 31.2 Å². The third-order valence-corrected chi connectivity index (χ3v) is 11.0. The molecule has 228 valence electrons. The van der Waals surface area contributed by atoms with Gasteiger partial charge in [-0.1, -0.05) is 79.4 Å². The lowest BCUT2D eigenvalue weighted by atomic mass is 9.77. The van der Waals surface area contributed by atoms with Gasteiger partial charge in [-0.15, -0.1) is 0 Å². The summed E-state index contributed by atoms with van der Waals surface area (Å²) in [7, 11) is -7.99. The van der Waals surface area contributed by atoms with Crippen molar-refractivity contribution in [3.63, 3.8) is 0 Å². The molecule has 3 aromatic rings. The van der Waals surface area contributed by atoms with Crippen molar-refractivity contribution in [1.29, 1.82) is 0 Å². The first-order chi connectivity index (χ1) is 20.1. The highest BCUT2D eigenvalue weighted by atomic mass is 32.2. The Balaban J connectivity index is 1.40. The lowest BCUT2D eigenvalue weighted by Crippen LogP contribution is -2.22. The van der Waals surface area contributed by atoms with Gasteiger partial charge in [0, 0.05) is 5.92 Å². The summed E-state index contributed by atoms with van der Waals surface area (Å²) in [5.74, 6) is 1.02. The molecular formula is C34H44O6S2. The van der Waals surface area contributed by atoms with Crippen LogP contribution in [0.1, 0.15) is 80.0 Å². The summed E-state index contributed by atoms with van der Waals surface area (Å²) in [5.41, 5.74) is 4.38. The van der Waals surface area contributed by atoms with Gasteiger partial charge in [0.1, 0.15) is 0 Å². The molecule has 1 aliphatic carbocycles. The van der Waals surface area contributed by atoms with E-state index < -0.39 is 26.2 Å². The molecule has 0 spiro atoms. The summed E-state index contributed by atoms with van der Waals surface area (Å²) in [4.78, 5) is 0.138. The minimum atomic E-state index is -4.00. The van der Waals surface area contributed by atoms with E-state index in [0.717, 1.165) is 22.6 Å². The van der Waals surface area contributed by atoms with Gasteiger partial charge < -0.3 is 0 Å². The third-order valence-electron chi connectivity index (χ3n) is 8.37. The van der Waals surface area contributed by atoms with Crippen LogP contribution < -0.4 is 0 Å². The number of rotatable bonds is 14. The molecule has 0 atom stereocenters. The van der Waals surface area contributed by atoms with Crippen molar-refractivity contribution in [2.24, 2.45) is 11.8 Å². The number of hydrogen-bond acceptors (Lipinski definition) is 6. The highest BCUT2D eigenvalue weighted by molar-refractivity contribution is 7.87. The van der Waals surface area contributed by atoms with E-state index in [1.54, 1.807) is 24.3 Å². The third kappa shape index (κ3) is 9.24. The fourth-order valence-corrected chi connectivity index (χ4v) is 7.61. The molecule has 0 amide bonds. The summed E-state index contributed by atoms with van der Waals surface area (Å²) in [6.45, 7) is 5.66. The summed E-state index contributed by atoms with van der Waals surface area (Å²) < 4.78 is 62.2. The Labute approximate surface area is 252 Å². The van der Waals surface area contributed by atoms with E-state index >= 15 is 0 Å². The molecule has 8 heteroatoms. The zero-order valence-electron chi connectivity index (χ0n) is 25.0. The molecule has 3 aromatic carbocycles. The van der Waals surface area contributed by atoms with Crippen LogP contribution in [0.15, 0.2) is 82.6 Å². The minimum Gasteiger partial charge on any atom is -0.266 e. The van der Waals surface area contributed by atoms with Crippen LogP contribution in [0.3, 0.4) is 0 Å². The highest BCUT2D eigenvalue weighted by Gasteiger charge is 2.24. The first-order valence-electron chi connectivity index (χ1n) is 15.1. The number of benzene rings is 3. The van der Waals surface area contributed by atoms with Gasteiger partial charge in [0.05, 0.1) is 23.0 Å². The molecule has 1 saturated carbocycles. The van der Waals surface area contributed by atoms with Crippen LogP contribution in [-0.4, -0.2) is 30.0 Å². The molecule has 6 nitrogen and oxygen atoms in total. The fraction of sp³-hybridized carbons (Fsp3) is 0.471. The molecule has 0 bridgehead atoms. The predicted molar refractivity (Wildman–Crippen MR) is 166 cm³/mol. The van der Waals surface area contributed by atoms with Crippen LogP contribution in [0, 0.1) is 25.7 Å². The van der Waals surface area contributed by atoms with E-state index in [-0.39, 0.29) is 23.0 Å². The van der Waals surface area contributed by atoms with Crippen LogP contribution in [0.25, 0.3) is 0 Å². The molecule has 0 heterocycles. The standard InChI is InChI=1S/C34H44O6S2/c1-4-5-28-12-16-31(17-13-28)32-18-14-29(15-19-32)10-11-30(24-39-41(35,36)33-20-6-26(2)7-21-33)25-40-42(37,38)34-22-8-27(3)9-23-34/h6-9,14-15,18-23,28,30-31H,4-5,10-13,16-17,24-25H2,1-3H3. The van der Waals surface area contributed by atoms with Crippen molar-refractivity contribution in [3.05, 3.63) is 95.1 Å². The Bertz CT molecular complexity index is 1390. The van der Waals surface area contributed by atoms with Crippen molar-refractivity contribution in [3.8, 4) is 0 Å². The molecule has 1 aliphatic rings. The van der Waals surface area contributed by atoms with E-state index in [4.69, 9.17) is 8.37 Å². The summed E-state index contributed by atoms with van der Waals surface area (Å²) >= 11 is 0. The Morgan fingerprint density at radius 3 is 1.62 bits per heavy atom. The molecule has 0 radical (unpaired) electrons. The molecule has 1 fully saturated rings. The topological polar surface area (TPSA) is 86.7 Å². The Hall–Kier alpha value is -2.52. The van der Waals surface area contributed by atoms with Crippen molar-refractivity contribution in [2.45, 2.75) is 87.8 Å². The molecule has 0 unspecified atom stereocenters. The first kappa shape index (κ1) is 32.4. The van der Waals surface area contributed by atoms with E-state index in [0.29, 0.717) is 18.8 Å². The lowest BCUT2D eigenvalue weighted by Gasteiger charge is -2.28. The van der Waals surface area contributed by atoms with Gasteiger partial charge in [-0.05, 0) is 99.6 Å². The molecule has 0 saturated heterocycles. The molecule has 4 rings (SSSR count). The lowest BCUT2D eigenvalue weighted by molar-refractivity contribution is 0.177. The van der Waals surface area contributed by atoms with Gasteiger partial charge >= 0.3 is 0 Å². The molecule has 0 N–H and O–H groups in total. The summed E-state index contributed by atoms with van der Waals surface area (Å²) in [6.07, 6.45) is 8.84. The second-order valence-corrected chi connectivity index (χ2v) is 15.0. The highest BCUT2D eigenvalue weighted by Crippen LogP contribution is 2.37. The normalized spacial score (nSPS) is 17.9. The smallest absolute Gasteiger partial charge is 0.266 e. The average Bonchev–Trinajstić information content (AvgIpc) is 2.98. The Morgan fingerprint density at radius 2 is 1.17 bits per heavy atom. The van der Waals surface area contributed by atoms with Crippen LogP contribution in [0.2, 0.25) is 0 Å². The van der Waals surface area contributed by atoms with Crippen molar-refractivity contribution in [2.75, 3.05) is 13.2 Å². The van der Waals surface area contributed by atoms with Gasteiger partial charge in [-0.2, -0.15) is 16.8 Å². The zero-order valence-corrected chi connectivity index (χ0v) is 26.6. The molecular weight excluding hydrogens is 569 g/mol. The molecule has 0 aliphatic heterocycles. The van der Waals surface area contributed by atoms with Crippen LogP contribution in [-0.2, 0) is 35.0 Å². The van der Waals surface area contributed by atoms with Crippen molar-refractivity contribution < 1.29 is 25.2 Å². The number of hydrogen-bond donors (Lipinski definition) is 0. The maximum Gasteiger partial charge on any atom is 0.296 e. The van der Waals surface area contributed by atoms with Gasteiger partial charge in [0.15, 0.2) is 0 Å². The van der Waals surface area contributed by atoms with Gasteiger partial charge in [-0.25, -0.2) is 0 Å². The van der Waals surface area contributed by atoms with Crippen LogP contribution in [0.5, 0.6) is 0 Å². The first-order valence-corrected chi connectivity index (χ1v) is 17.9. The van der Waals surface area contributed by atoms with Crippen molar-refractivity contribution >= 4 is 20.2 Å². The predicted octanol–water partition coefficient (Wildman–Crippen LogP) is 7.74. The second-order valence-electron chi connectivity index (χ2n) is 11.8. The van der Waals surface area contributed by atoms with E-state index in [1.807, 2.05) is 13.8 Å². The minimum absolute atomic E-state index is 0.0689. The van der Waals surface area contributed by atoms with E-state index in [9.17, 15) is 16.8 Å². The maximum absolute atomic E-state index is 12.8. The SMILES string of the molecule is CCCC1CCC(c2ccc(CCC(COS(=O)(=O)c3ccc(C)cc3)COS(=O)(=O)c3ccc(C)cc3)cc2)CC1. The number of aryl methyl sites for hydroxylation is 3. The Morgan fingerprint density at radius 1 is 0.690 bits per heavy atom. The van der Waals surface area contributed by atoms with E-state index in [1.165, 1.54) is 68.4 Å². The van der Waals surface area contributed by atoms with Gasteiger partial charge in [-0.3, -0.25) is 8.37 Å². The quantitative estimate of drug-likeness (QED) is 0.173. The summed E-state index contributed by atoms with van der Waals surface area (Å²) in [5, 5.41) is 0. The average molecular weight is 613 g/mol. The zero-order chi connectivity index (χ0) is 30.2. The summed E-state index contributed by atoms with van der Waals surface area (Å²) in [6, 6.07) is 21.6. The van der Waals surface area contributed by atoms with Gasteiger partial charge in [0.2, 0.25) is 0 Å². The largest absolute Gasteiger partial charge is 0.296 e. The van der Waals surface area contributed by atoms with Crippen molar-refractivity contribution in [1.82, 2.24) is 0 Å². The fourth-order valence-electron chi connectivity index (χ4n) is 5.65.